The first kappa shape index (κ1) is 21.0. The lowest BCUT2D eigenvalue weighted by Crippen LogP contribution is -2.55. The van der Waals surface area contributed by atoms with Crippen molar-refractivity contribution in [3.05, 3.63) is 17.5 Å². The second kappa shape index (κ2) is 6.57. The third-order valence-corrected chi connectivity index (χ3v) is 10.4. The predicted molar refractivity (Wildman–Crippen MR) is 117 cm³/mol. The molecule has 4 aliphatic carbocycles. The average Bonchev–Trinajstić information content (AvgIpc) is 3.26. The zero-order chi connectivity index (χ0) is 21.5. The van der Waals surface area contributed by atoms with Gasteiger partial charge in [0.25, 0.3) is 0 Å². The van der Waals surface area contributed by atoms with Gasteiger partial charge in [-0.2, -0.15) is 0 Å². The van der Waals surface area contributed by atoms with Gasteiger partial charge in [0, 0.05) is 12.0 Å². The Hall–Kier alpha value is -0.870. The summed E-state index contributed by atoms with van der Waals surface area (Å²) in [5.74, 6) is 4.12. The van der Waals surface area contributed by atoms with Crippen LogP contribution in [0.25, 0.3) is 0 Å². The van der Waals surface area contributed by atoms with Crippen LogP contribution in [0.15, 0.2) is 10.6 Å². The van der Waals surface area contributed by atoms with E-state index in [1.807, 2.05) is 6.07 Å². The highest BCUT2D eigenvalue weighted by molar-refractivity contribution is 5.22. The fraction of sp³-hybridized carbons (Fsp3) is 0.885. The molecule has 4 aliphatic rings. The van der Waals surface area contributed by atoms with Gasteiger partial charge >= 0.3 is 0 Å². The maximum atomic E-state index is 10.7. The van der Waals surface area contributed by atoms with Crippen LogP contribution in [-0.4, -0.2) is 21.0 Å². The molecule has 8 atom stereocenters. The molecule has 4 fully saturated rings. The van der Waals surface area contributed by atoms with E-state index < -0.39 is 11.2 Å². The van der Waals surface area contributed by atoms with E-state index in [4.69, 9.17) is 4.52 Å². The molecule has 0 spiro atoms. The van der Waals surface area contributed by atoms with Crippen LogP contribution in [0.5, 0.6) is 0 Å². The van der Waals surface area contributed by atoms with Crippen molar-refractivity contribution in [2.24, 2.45) is 34.5 Å². The molecular weight excluding hydrogens is 374 g/mol. The van der Waals surface area contributed by atoms with E-state index in [-0.39, 0.29) is 5.41 Å². The maximum Gasteiger partial charge on any atom is 0.167 e. The van der Waals surface area contributed by atoms with E-state index in [0.717, 1.165) is 36.3 Å². The summed E-state index contributed by atoms with van der Waals surface area (Å²) in [5, 5.41) is 25.5. The second-order valence-electron chi connectivity index (χ2n) is 12.7. The highest BCUT2D eigenvalue weighted by Crippen LogP contribution is 2.69. The molecular formula is C26H41NO3. The van der Waals surface area contributed by atoms with E-state index >= 15 is 0 Å². The van der Waals surface area contributed by atoms with Crippen molar-refractivity contribution < 1.29 is 14.7 Å². The molecule has 0 radical (unpaired) electrons. The third-order valence-electron chi connectivity index (χ3n) is 10.4. The van der Waals surface area contributed by atoms with Crippen molar-refractivity contribution in [1.82, 2.24) is 5.16 Å². The van der Waals surface area contributed by atoms with Gasteiger partial charge in [0.2, 0.25) is 0 Å². The molecule has 4 saturated carbocycles. The molecule has 0 saturated heterocycles. The Bertz CT molecular complexity index is 807. The lowest BCUT2D eigenvalue weighted by molar-refractivity contribution is -0.143. The molecule has 4 heteroatoms. The van der Waals surface area contributed by atoms with Crippen LogP contribution in [-0.2, 0) is 5.60 Å². The largest absolute Gasteiger partial charge is 0.390 e. The summed E-state index contributed by atoms with van der Waals surface area (Å²) in [7, 11) is 0. The van der Waals surface area contributed by atoms with Gasteiger partial charge in [-0.1, -0.05) is 19.0 Å². The van der Waals surface area contributed by atoms with Crippen LogP contribution in [0, 0.1) is 34.5 Å². The van der Waals surface area contributed by atoms with Crippen LogP contribution >= 0.6 is 0 Å². The quantitative estimate of drug-likeness (QED) is 0.642. The molecule has 1 heterocycles. The van der Waals surface area contributed by atoms with Gasteiger partial charge in [0.15, 0.2) is 5.76 Å². The number of nitrogens with zero attached hydrogens (tertiary/aromatic N) is 1. The topological polar surface area (TPSA) is 66.5 Å². The molecule has 4 nitrogen and oxygen atoms in total. The average molecular weight is 416 g/mol. The van der Waals surface area contributed by atoms with Crippen molar-refractivity contribution in [3.63, 3.8) is 0 Å². The number of aliphatic hydroxyl groups is 2. The lowest BCUT2D eigenvalue weighted by Gasteiger charge is -2.61. The summed E-state index contributed by atoms with van der Waals surface area (Å²) >= 11 is 0. The Balaban J connectivity index is 1.40. The molecule has 168 valence electrons. The smallest absolute Gasteiger partial charge is 0.167 e. The van der Waals surface area contributed by atoms with Crippen LogP contribution in [0.2, 0.25) is 0 Å². The van der Waals surface area contributed by atoms with E-state index in [1.165, 1.54) is 44.9 Å². The normalized spacial score (nSPS) is 48.7. The fourth-order valence-corrected chi connectivity index (χ4v) is 8.66. The number of fused-ring (bicyclic) bond motifs is 5. The van der Waals surface area contributed by atoms with Gasteiger partial charge in [-0.05, 0) is 113 Å². The molecule has 2 N–H and O–H groups in total. The van der Waals surface area contributed by atoms with Gasteiger partial charge in [-0.3, -0.25) is 0 Å². The van der Waals surface area contributed by atoms with Gasteiger partial charge in [-0.15, -0.1) is 0 Å². The minimum Gasteiger partial charge on any atom is -0.390 e. The van der Waals surface area contributed by atoms with E-state index in [2.05, 4.69) is 25.9 Å². The Kier molecular flexibility index (Phi) is 4.60. The number of hydrogen-bond acceptors (Lipinski definition) is 4. The van der Waals surface area contributed by atoms with Gasteiger partial charge < -0.3 is 14.7 Å². The maximum absolute atomic E-state index is 10.7. The van der Waals surface area contributed by atoms with E-state index in [9.17, 15) is 10.2 Å². The van der Waals surface area contributed by atoms with Crippen LogP contribution in [0.1, 0.15) is 110 Å². The number of aromatic nitrogens is 1. The standard InChI is InChI=1S/C26H41NO3/c1-23(2,28)22-14-21(27-30-22)20-9-8-18-17-7-6-16-15-24(3,29)12-13-25(16,4)19(17)10-11-26(18,20)5/h14,16-20,28-29H,6-13,15H2,1-5H3/t16-,17?,18?,19?,20?,24+,25-,26-/m0/s1. The first-order valence-electron chi connectivity index (χ1n) is 12.4. The van der Waals surface area contributed by atoms with Crippen LogP contribution in [0.3, 0.4) is 0 Å². The van der Waals surface area contributed by atoms with E-state index in [0.29, 0.717) is 23.0 Å². The summed E-state index contributed by atoms with van der Waals surface area (Å²) in [6.45, 7) is 10.7. The minimum absolute atomic E-state index is 0.290. The van der Waals surface area contributed by atoms with Crippen LogP contribution in [0.4, 0.5) is 0 Å². The van der Waals surface area contributed by atoms with Gasteiger partial charge in [0.05, 0.1) is 11.3 Å². The fourth-order valence-electron chi connectivity index (χ4n) is 8.66. The summed E-state index contributed by atoms with van der Waals surface area (Å²) < 4.78 is 5.56. The van der Waals surface area contributed by atoms with Crippen molar-refractivity contribution >= 4 is 0 Å². The molecule has 0 aliphatic heterocycles. The SMILES string of the molecule is CC(C)(O)c1cc(C2CCC3C4CC[C@H]5C[C@](C)(O)CC[C@]5(C)C4CC[C@]23C)no1. The molecule has 0 amide bonds. The molecule has 4 unspecified atom stereocenters. The van der Waals surface area contributed by atoms with Gasteiger partial charge in [-0.25, -0.2) is 0 Å². The molecule has 5 rings (SSSR count). The zero-order valence-corrected chi connectivity index (χ0v) is 19.6. The Morgan fingerprint density at radius 2 is 1.70 bits per heavy atom. The van der Waals surface area contributed by atoms with Gasteiger partial charge in [0.1, 0.15) is 5.60 Å². The Morgan fingerprint density at radius 3 is 2.40 bits per heavy atom. The molecule has 30 heavy (non-hydrogen) atoms. The summed E-state index contributed by atoms with van der Waals surface area (Å²) in [6, 6.07) is 2.02. The highest BCUT2D eigenvalue weighted by atomic mass is 16.5. The van der Waals surface area contributed by atoms with Crippen molar-refractivity contribution in [3.8, 4) is 0 Å². The summed E-state index contributed by atoms with van der Waals surface area (Å²) in [4.78, 5) is 0. The first-order valence-corrected chi connectivity index (χ1v) is 12.4. The van der Waals surface area contributed by atoms with E-state index in [1.54, 1.807) is 13.8 Å². The van der Waals surface area contributed by atoms with Crippen molar-refractivity contribution in [2.75, 3.05) is 0 Å². The minimum atomic E-state index is -0.975. The predicted octanol–water partition coefficient (Wildman–Crippen LogP) is 5.78. The molecule has 0 bridgehead atoms. The second-order valence-corrected chi connectivity index (χ2v) is 12.7. The molecule has 0 aromatic carbocycles. The third kappa shape index (κ3) is 3.03. The molecule has 1 aromatic heterocycles. The van der Waals surface area contributed by atoms with Crippen molar-refractivity contribution in [2.45, 2.75) is 110 Å². The first-order chi connectivity index (χ1) is 13.9. The van der Waals surface area contributed by atoms with Crippen LogP contribution < -0.4 is 0 Å². The monoisotopic (exact) mass is 415 g/mol. The Morgan fingerprint density at radius 1 is 0.967 bits per heavy atom. The Labute approximate surface area is 181 Å². The summed E-state index contributed by atoms with van der Waals surface area (Å²) in [6.07, 6.45) is 10.9. The number of rotatable bonds is 2. The number of hydrogen-bond donors (Lipinski definition) is 2. The molecule has 1 aromatic rings. The lowest BCUT2D eigenvalue weighted by atomic mass is 9.44. The highest BCUT2D eigenvalue weighted by Gasteiger charge is 2.61. The summed E-state index contributed by atoms with van der Waals surface area (Å²) in [5.41, 5.74) is 0.329. The zero-order valence-electron chi connectivity index (χ0n) is 19.6. The van der Waals surface area contributed by atoms with Crippen molar-refractivity contribution in [1.29, 1.82) is 0 Å².